The van der Waals surface area contributed by atoms with Crippen molar-refractivity contribution in [2.24, 2.45) is 7.05 Å². The second-order valence-electron chi connectivity index (χ2n) is 7.86. The van der Waals surface area contributed by atoms with Gasteiger partial charge >= 0.3 is 6.18 Å². The maximum Gasteiger partial charge on any atom is 0.390 e. The molecule has 0 aliphatic carbocycles. The van der Waals surface area contributed by atoms with Crippen molar-refractivity contribution in [1.82, 2.24) is 24.4 Å². The summed E-state index contributed by atoms with van der Waals surface area (Å²) in [4.78, 5) is 17.3. The number of hydrogen-bond acceptors (Lipinski definition) is 5. The lowest BCUT2D eigenvalue weighted by molar-refractivity contribution is -0.140. The van der Waals surface area contributed by atoms with Crippen LogP contribution in [-0.4, -0.2) is 57.3 Å². The summed E-state index contributed by atoms with van der Waals surface area (Å²) >= 11 is 0. The smallest absolute Gasteiger partial charge is 0.334 e. The minimum Gasteiger partial charge on any atom is -0.334 e. The summed E-state index contributed by atoms with van der Waals surface area (Å²) in [5, 5.41) is 0. The van der Waals surface area contributed by atoms with E-state index in [4.69, 9.17) is 0 Å². The summed E-state index contributed by atoms with van der Waals surface area (Å²) in [6, 6.07) is 4.08. The van der Waals surface area contributed by atoms with E-state index < -0.39 is 12.6 Å². The van der Waals surface area contributed by atoms with Gasteiger partial charge < -0.3 is 14.4 Å². The fourth-order valence-electron chi connectivity index (χ4n) is 3.87. The quantitative estimate of drug-likeness (QED) is 0.527. The highest BCUT2D eigenvalue weighted by molar-refractivity contribution is 5.79. The average molecular weight is 449 g/mol. The van der Waals surface area contributed by atoms with E-state index in [1.54, 1.807) is 12.5 Å². The van der Waals surface area contributed by atoms with Crippen molar-refractivity contribution in [2.75, 3.05) is 31.6 Å². The van der Waals surface area contributed by atoms with Crippen molar-refractivity contribution in [3.8, 4) is 0 Å². The molecule has 3 aromatic heterocycles. The third kappa shape index (κ3) is 5.20. The molecule has 0 saturated carbocycles. The van der Waals surface area contributed by atoms with Gasteiger partial charge in [-0.3, -0.25) is 4.98 Å². The van der Waals surface area contributed by atoms with Crippen molar-refractivity contribution in [2.45, 2.75) is 45.7 Å². The van der Waals surface area contributed by atoms with E-state index in [-0.39, 0.29) is 12.5 Å². The zero-order valence-corrected chi connectivity index (χ0v) is 19.3. The Labute approximate surface area is 187 Å². The summed E-state index contributed by atoms with van der Waals surface area (Å²) < 4.78 is 39.1. The SMILES string of the molecule is CC.CCc1cc(C2CN(CCC(F)(F)F)C2)ncc1N(C)c1cc2c(cn1)ncn2C. The van der Waals surface area contributed by atoms with Crippen LogP contribution < -0.4 is 4.90 Å². The van der Waals surface area contributed by atoms with Crippen molar-refractivity contribution < 1.29 is 13.2 Å². The number of likely N-dealkylation sites (tertiary alicyclic amines) is 1. The van der Waals surface area contributed by atoms with E-state index in [0.717, 1.165) is 40.2 Å². The number of aromatic nitrogens is 4. The summed E-state index contributed by atoms with van der Waals surface area (Å²) in [5.41, 5.74) is 4.91. The molecule has 32 heavy (non-hydrogen) atoms. The lowest BCUT2D eigenvalue weighted by Gasteiger charge is -2.39. The molecule has 0 amide bonds. The molecule has 1 aliphatic heterocycles. The molecule has 4 rings (SSSR count). The monoisotopic (exact) mass is 448 g/mol. The van der Waals surface area contributed by atoms with Gasteiger partial charge in [-0.05, 0) is 18.1 Å². The van der Waals surface area contributed by atoms with Crippen LogP contribution in [0.3, 0.4) is 0 Å². The number of halogens is 3. The van der Waals surface area contributed by atoms with Crippen molar-refractivity contribution in [3.63, 3.8) is 0 Å². The van der Waals surface area contributed by atoms with Crippen LogP contribution in [0, 0.1) is 0 Å². The minimum absolute atomic E-state index is 0.0591. The Balaban J connectivity index is 0.00000141. The first-order chi connectivity index (χ1) is 15.2. The standard InChI is InChI=1S/C21H25F3N6.C2H6/c1-4-14-7-16(15-11-30(12-15)6-5-21(22,23)24)25-10-19(14)29(3)20-8-18-17(9-26-20)27-13-28(18)2;1-2/h7-10,13,15H,4-6,11-12H2,1-3H3;1-2H3. The lowest BCUT2D eigenvalue weighted by atomic mass is 9.94. The van der Waals surface area contributed by atoms with Gasteiger partial charge in [0.25, 0.3) is 0 Å². The Morgan fingerprint density at radius 2 is 1.81 bits per heavy atom. The molecule has 1 aliphatic rings. The molecule has 1 fully saturated rings. The third-order valence-electron chi connectivity index (χ3n) is 5.76. The molecule has 174 valence electrons. The summed E-state index contributed by atoms with van der Waals surface area (Å²) in [5.74, 6) is 0.990. The number of anilines is 2. The Hall–Kier alpha value is -2.68. The maximum absolute atomic E-state index is 12.4. The first-order valence-corrected chi connectivity index (χ1v) is 11.0. The van der Waals surface area contributed by atoms with E-state index in [1.807, 2.05) is 54.6 Å². The van der Waals surface area contributed by atoms with E-state index in [2.05, 4.69) is 27.9 Å². The fourth-order valence-corrected chi connectivity index (χ4v) is 3.87. The van der Waals surface area contributed by atoms with Crippen molar-refractivity contribution >= 4 is 22.5 Å². The summed E-state index contributed by atoms with van der Waals surface area (Å²) in [7, 11) is 3.91. The Morgan fingerprint density at radius 3 is 2.47 bits per heavy atom. The van der Waals surface area contributed by atoms with E-state index in [9.17, 15) is 13.2 Å². The van der Waals surface area contributed by atoms with Gasteiger partial charge in [0.1, 0.15) is 11.3 Å². The molecule has 0 N–H and O–H groups in total. The van der Waals surface area contributed by atoms with Gasteiger partial charge in [0.2, 0.25) is 0 Å². The molecule has 0 unspecified atom stereocenters. The highest BCUT2D eigenvalue weighted by atomic mass is 19.4. The summed E-state index contributed by atoms with van der Waals surface area (Å²) in [6.45, 7) is 7.40. The zero-order chi connectivity index (χ0) is 23.5. The van der Waals surface area contributed by atoms with Crippen LogP contribution in [0.1, 0.15) is 44.4 Å². The first-order valence-electron chi connectivity index (χ1n) is 11.0. The van der Waals surface area contributed by atoms with E-state index in [1.165, 1.54) is 0 Å². The molecule has 0 aromatic carbocycles. The largest absolute Gasteiger partial charge is 0.390 e. The van der Waals surface area contributed by atoms with Crippen molar-refractivity contribution in [1.29, 1.82) is 0 Å². The maximum atomic E-state index is 12.4. The molecule has 0 bridgehead atoms. The van der Waals surface area contributed by atoms with Gasteiger partial charge in [-0.2, -0.15) is 13.2 Å². The molecular formula is C23H31F3N6. The molecule has 0 radical (unpaired) electrons. The number of rotatable bonds is 6. The Morgan fingerprint density at radius 1 is 1.09 bits per heavy atom. The predicted octanol–water partition coefficient (Wildman–Crippen LogP) is 5.07. The number of fused-ring (bicyclic) bond motifs is 1. The second kappa shape index (κ2) is 9.85. The molecular weight excluding hydrogens is 417 g/mol. The van der Waals surface area contributed by atoms with Crippen LogP contribution in [0.25, 0.3) is 11.0 Å². The molecule has 6 nitrogen and oxygen atoms in total. The molecule has 3 aromatic rings. The van der Waals surface area contributed by atoms with Gasteiger partial charge in [0.15, 0.2) is 0 Å². The topological polar surface area (TPSA) is 50.1 Å². The molecule has 4 heterocycles. The van der Waals surface area contributed by atoms with Gasteiger partial charge in [0.05, 0.1) is 36.3 Å². The second-order valence-corrected chi connectivity index (χ2v) is 7.86. The minimum atomic E-state index is -4.10. The number of hydrogen-bond donors (Lipinski definition) is 0. The Bertz CT molecular complexity index is 1040. The number of nitrogens with zero attached hydrogens (tertiary/aromatic N) is 6. The van der Waals surface area contributed by atoms with Gasteiger partial charge in [-0.1, -0.05) is 20.8 Å². The average Bonchev–Trinajstić information content (AvgIpc) is 3.12. The van der Waals surface area contributed by atoms with Gasteiger partial charge in [0, 0.05) is 51.4 Å². The number of imidazole rings is 1. The van der Waals surface area contributed by atoms with Crippen LogP contribution in [0.15, 0.2) is 30.9 Å². The third-order valence-corrected chi connectivity index (χ3v) is 5.76. The van der Waals surface area contributed by atoms with Crippen LogP contribution in [0.5, 0.6) is 0 Å². The van der Waals surface area contributed by atoms with Crippen LogP contribution in [-0.2, 0) is 13.5 Å². The highest BCUT2D eigenvalue weighted by Gasteiger charge is 2.34. The number of aryl methyl sites for hydroxylation is 2. The molecule has 1 saturated heterocycles. The zero-order valence-electron chi connectivity index (χ0n) is 19.3. The number of pyridine rings is 2. The lowest BCUT2D eigenvalue weighted by Crippen LogP contribution is -2.46. The molecule has 0 spiro atoms. The Kier molecular flexibility index (Phi) is 7.38. The summed E-state index contributed by atoms with van der Waals surface area (Å²) in [6.07, 6.45) is 1.34. The molecule has 9 heteroatoms. The number of alkyl halides is 3. The van der Waals surface area contributed by atoms with Gasteiger partial charge in [-0.25, -0.2) is 9.97 Å². The predicted molar refractivity (Wildman–Crippen MR) is 121 cm³/mol. The van der Waals surface area contributed by atoms with Gasteiger partial charge in [-0.15, -0.1) is 0 Å². The first kappa shape index (κ1) is 24.0. The van der Waals surface area contributed by atoms with E-state index in [0.29, 0.717) is 13.1 Å². The van der Waals surface area contributed by atoms with Crippen LogP contribution >= 0.6 is 0 Å². The normalized spacial score (nSPS) is 14.8. The van der Waals surface area contributed by atoms with Crippen molar-refractivity contribution in [3.05, 3.63) is 42.1 Å². The molecule has 0 atom stereocenters. The van der Waals surface area contributed by atoms with E-state index >= 15 is 0 Å². The van der Waals surface area contributed by atoms with Crippen LogP contribution in [0.2, 0.25) is 0 Å². The fraction of sp³-hybridized carbons (Fsp3) is 0.522. The highest BCUT2D eigenvalue weighted by Crippen LogP contribution is 2.32. The van der Waals surface area contributed by atoms with Crippen LogP contribution in [0.4, 0.5) is 24.7 Å².